The first-order valence-electron chi connectivity index (χ1n) is 11.1. The molecule has 0 unspecified atom stereocenters. The maximum absolute atomic E-state index is 3.06. The van der Waals surface area contributed by atoms with E-state index in [1.165, 1.54) is 78.3 Å². The maximum atomic E-state index is 3.06. The van der Waals surface area contributed by atoms with Crippen molar-refractivity contribution < 1.29 is 23.3 Å². The Balaban J connectivity index is 0.000000309. The molecule has 0 spiro atoms. The third-order valence-electron chi connectivity index (χ3n) is 5.89. The second-order valence-corrected chi connectivity index (χ2v) is 8.73. The van der Waals surface area contributed by atoms with Crippen molar-refractivity contribution in [2.24, 2.45) is 0 Å². The summed E-state index contributed by atoms with van der Waals surface area (Å²) in [7, 11) is 0. The van der Waals surface area contributed by atoms with Crippen molar-refractivity contribution in [1.82, 2.24) is 0 Å². The van der Waals surface area contributed by atoms with E-state index in [0.717, 1.165) is 0 Å². The van der Waals surface area contributed by atoms with E-state index in [0.29, 0.717) is 5.92 Å². The van der Waals surface area contributed by atoms with E-state index in [9.17, 15) is 0 Å². The van der Waals surface area contributed by atoms with E-state index in [-0.39, 0.29) is 14.9 Å². The Labute approximate surface area is 224 Å². The Bertz CT molecular complexity index is 1310. The van der Waals surface area contributed by atoms with Crippen LogP contribution in [0.1, 0.15) is 42.0 Å². The fourth-order valence-electron chi connectivity index (χ4n) is 4.14. The Morgan fingerprint density at radius 2 is 1.44 bits per heavy atom. The van der Waals surface area contributed by atoms with Gasteiger partial charge in [0.2, 0.25) is 0 Å². The number of fused-ring (bicyclic) bond motifs is 2. The fourth-order valence-corrected chi connectivity index (χ4v) is 4.14. The summed E-state index contributed by atoms with van der Waals surface area (Å²) in [5.41, 5.74) is 8.11. The first kappa shape index (κ1) is 30.0. The minimum atomic E-state index is 0. The van der Waals surface area contributed by atoms with Gasteiger partial charge in [0.05, 0.1) is 0 Å². The molecule has 5 aromatic rings. The van der Waals surface area contributed by atoms with E-state index in [4.69, 9.17) is 0 Å². The molecule has 176 valence electrons. The summed E-state index contributed by atoms with van der Waals surface area (Å²) in [6.07, 6.45) is 0. The molecule has 0 saturated heterocycles. The van der Waals surface area contributed by atoms with Crippen LogP contribution in [0.3, 0.4) is 0 Å². The van der Waals surface area contributed by atoms with Crippen LogP contribution in [-0.4, -0.2) is 6.88 Å². The molecule has 2 heteroatoms. The monoisotopic (exact) mass is 538 g/mol. The first-order chi connectivity index (χ1) is 15.4. The molecule has 0 fully saturated rings. The van der Waals surface area contributed by atoms with Crippen LogP contribution in [0.25, 0.3) is 32.7 Å². The molecule has 5 rings (SSSR count). The van der Waals surface area contributed by atoms with Crippen LogP contribution in [-0.2, 0) is 23.3 Å². The van der Waals surface area contributed by atoms with E-state index in [2.05, 4.69) is 126 Å². The standard InChI is InChI=1S/C17H15.C13H15.2CH3.Si.Zr/c1-12-10-16-13(2)8-9-15(17(16)11-12)14-6-4-3-5-7-14;1-9(2)12-7-11-5-4-10(3)6-13(11)8-12;;;;/h3-11H,1-2H3;4-9H,1-3H3;2*1H3;;/q4*-1;;. The summed E-state index contributed by atoms with van der Waals surface area (Å²) in [5.74, 6) is 0.632. The fraction of sp³-hybridized carbons (Fsp3) is 0.188. The van der Waals surface area contributed by atoms with Crippen molar-refractivity contribution in [1.29, 1.82) is 0 Å². The third-order valence-corrected chi connectivity index (χ3v) is 5.89. The molecule has 0 saturated carbocycles. The predicted molar refractivity (Wildman–Crippen MR) is 151 cm³/mol. The number of benzene rings is 3. The van der Waals surface area contributed by atoms with E-state index < -0.39 is 0 Å². The van der Waals surface area contributed by atoms with E-state index >= 15 is 0 Å². The summed E-state index contributed by atoms with van der Waals surface area (Å²) in [6.45, 7) is 14.0. The van der Waals surface area contributed by atoms with Crippen LogP contribution in [0.5, 0.6) is 0 Å². The van der Waals surface area contributed by atoms with Crippen molar-refractivity contribution in [3.63, 3.8) is 0 Å². The van der Waals surface area contributed by atoms with Crippen molar-refractivity contribution in [2.45, 2.75) is 40.5 Å². The normalized spacial score (nSPS) is 9.91. The quantitative estimate of drug-likeness (QED) is 0.155. The number of aryl methyl sites for hydroxylation is 3. The molecule has 0 heterocycles. The molecular formula is C32H36SiZr-4. The van der Waals surface area contributed by atoms with Crippen molar-refractivity contribution in [3.05, 3.63) is 122 Å². The van der Waals surface area contributed by atoms with Crippen LogP contribution < -0.4 is 0 Å². The molecule has 0 aliphatic heterocycles. The van der Waals surface area contributed by atoms with Crippen LogP contribution in [0, 0.1) is 35.6 Å². The number of hydrogen-bond acceptors (Lipinski definition) is 0. The minimum absolute atomic E-state index is 0. The van der Waals surface area contributed by atoms with Crippen LogP contribution >= 0.6 is 0 Å². The van der Waals surface area contributed by atoms with Gasteiger partial charge in [-0.2, -0.15) is 12.1 Å². The molecule has 0 nitrogen and oxygen atoms in total. The second kappa shape index (κ2) is 13.8. The van der Waals surface area contributed by atoms with Crippen molar-refractivity contribution >= 4 is 28.4 Å². The Kier molecular flexibility index (Phi) is 12.1. The van der Waals surface area contributed by atoms with Gasteiger partial charge in [-0.3, -0.25) is 0 Å². The average Bonchev–Trinajstić information content (AvgIpc) is 3.40. The molecule has 0 N–H and O–H groups in total. The molecule has 5 aromatic carbocycles. The van der Waals surface area contributed by atoms with Gasteiger partial charge < -0.3 is 14.9 Å². The van der Waals surface area contributed by atoms with Crippen molar-refractivity contribution in [2.75, 3.05) is 0 Å². The van der Waals surface area contributed by atoms with Gasteiger partial charge in [0.1, 0.15) is 0 Å². The number of hydrogen-bond donors (Lipinski definition) is 0. The summed E-state index contributed by atoms with van der Waals surface area (Å²) in [6, 6.07) is 30.8. The van der Waals surface area contributed by atoms with Gasteiger partial charge in [0, 0.05) is 0 Å². The van der Waals surface area contributed by atoms with Gasteiger partial charge in [-0.05, 0) is 18.4 Å². The first-order valence-corrected chi connectivity index (χ1v) is 15.2. The molecule has 2 radical (unpaired) electrons. The summed E-state index contributed by atoms with van der Waals surface area (Å²) >= 11 is 1.36. The Hall–Kier alpha value is -2.02. The number of rotatable bonds is 2. The summed E-state index contributed by atoms with van der Waals surface area (Å²) < 4.78 is 0. The molecule has 0 bridgehead atoms. The second-order valence-electron chi connectivity index (χ2n) is 8.73. The van der Waals surface area contributed by atoms with Crippen LogP contribution in [0.15, 0.2) is 84.9 Å². The van der Waals surface area contributed by atoms with Crippen LogP contribution in [0.4, 0.5) is 0 Å². The molecule has 0 atom stereocenters. The third kappa shape index (κ3) is 7.00. The van der Waals surface area contributed by atoms with E-state index in [1.807, 2.05) is 0 Å². The van der Waals surface area contributed by atoms with Crippen molar-refractivity contribution in [3.8, 4) is 11.1 Å². The predicted octanol–water partition coefficient (Wildman–Crippen LogP) is 9.35. The van der Waals surface area contributed by atoms with Gasteiger partial charge in [0.15, 0.2) is 0 Å². The summed E-state index contributed by atoms with van der Waals surface area (Å²) in [4.78, 5) is 0. The van der Waals surface area contributed by atoms with Gasteiger partial charge in [-0.1, -0.05) is 75.2 Å². The van der Waals surface area contributed by atoms with Gasteiger partial charge in [0.25, 0.3) is 0 Å². The topological polar surface area (TPSA) is 0 Å². The zero-order chi connectivity index (χ0) is 23.3. The summed E-state index contributed by atoms with van der Waals surface area (Å²) in [5, 5.41) is 5.50. The van der Waals surface area contributed by atoms with Crippen LogP contribution in [0.2, 0.25) is 0 Å². The SMILES string of the molecule is Cc1cc2c(-c3ccccc3)ccc(C)c2[cH-]1.Cc1ccc2[cH-]c(C(C)C)cc2c1.[CH3-].[CH3-].[Si]=[Zr]. The van der Waals surface area contributed by atoms with Gasteiger partial charge >= 0.3 is 30.2 Å². The average molecular weight is 540 g/mol. The Morgan fingerprint density at radius 1 is 0.765 bits per heavy atom. The molecule has 34 heavy (non-hydrogen) atoms. The Morgan fingerprint density at radius 3 is 2.09 bits per heavy atom. The zero-order valence-electron chi connectivity index (χ0n) is 21.7. The molecular weight excluding hydrogens is 504 g/mol. The van der Waals surface area contributed by atoms with Gasteiger partial charge in [-0.15, -0.1) is 74.6 Å². The van der Waals surface area contributed by atoms with E-state index in [1.54, 1.807) is 0 Å². The molecule has 0 aliphatic carbocycles. The molecule has 0 aromatic heterocycles. The van der Waals surface area contributed by atoms with Gasteiger partial charge in [-0.25, -0.2) is 0 Å². The zero-order valence-corrected chi connectivity index (χ0v) is 25.1. The molecule has 0 aliphatic rings. The molecule has 0 amide bonds.